The number of nitrogens with zero attached hydrogens (tertiary/aromatic N) is 2. The molecule has 0 radical (unpaired) electrons. The summed E-state index contributed by atoms with van der Waals surface area (Å²) in [6, 6.07) is 33.2. The molecule has 0 aliphatic carbocycles. The Balaban J connectivity index is 1.77. The molecule has 0 aliphatic rings. The molecule has 6 heteroatoms. The number of aromatic nitrogens is 2. The number of Topliss-reactive ketones (excluding diaryl/α,β-unsaturated/α-hetero) is 1. The van der Waals surface area contributed by atoms with Crippen molar-refractivity contribution in [1.82, 2.24) is 8.96 Å². The van der Waals surface area contributed by atoms with Crippen LogP contribution in [0.15, 0.2) is 120 Å². The van der Waals surface area contributed by atoms with E-state index in [1.165, 1.54) is 10.9 Å². The van der Waals surface area contributed by atoms with Gasteiger partial charge in [-0.25, -0.2) is 12.4 Å². The molecule has 4 aromatic carbocycles. The van der Waals surface area contributed by atoms with Gasteiger partial charge in [0, 0.05) is 27.5 Å². The minimum atomic E-state index is -3.91. The fourth-order valence-electron chi connectivity index (χ4n) is 4.84. The van der Waals surface area contributed by atoms with Crippen LogP contribution in [0, 0.1) is 0 Å². The smallest absolute Gasteiger partial charge is 0.268 e. The number of hydrogen-bond donors (Lipinski definition) is 0. The van der Waals surface area contributed by atoms with Crippen LogP contribution in [0.4, 0.5) is 0 Å². The van der Waals surface area contributed by atoms with Crippen molar-refractivity contribution >= 4 is 37.6 Å². The number of carbonyl (C=O) groups is 1. The van der Waals surface area contributed by atoms with Crippen LogP contribution >= 0.6 is 0 Å². The second kappa shape index (κ2) is 8.84. The number of fused-ring (bicyclic) bond motifs is 3. The summed E-state index contributed by atoms with van der Waals surface area (Å²) in [4.78, 5) is 17.0. The summed E-state index contributed by atoms with van der Waals surface area (Å²) in [6.45, 7) is 1.54. The molecule has 0 amide bonds. The van der Waals surface area contributed by atoms with E-state index in [9.17, 15) is 13.2 Å². The SMILES string of the molecule is CC(=O)c1ccc(-c2c(-c3ccccc3)ncc3c2c2ccccc2n3S(=O)(=O)c2ccccc2)cc1. The lowest BCUT2D eigenvalue weighted by Crippen LogP contribution is -2.12. The third kappa shape index (κ3) is 3.74. The highest BCUT2D eigenvalue weighted by Gasteiger charge is 2.26. The average molecular weight is 503 g/mol. The fraction of sp³-hybridized carbons (Fsp3) is 0.0323. The van der Waals surface area contributed by atoms with E-state index in [-0.39, 0.29) is 10.7 Å². The number of ketones is 1. The highest BCUT2D eigenvalue weighted by Crippen LogP contribution is 2.42. The molecule has 0 bridgehead atoms. The standard InChI is InChI=1S/C31H22N2O3S/c1-21(34)22-16-18-23(19-17-22)29-30-26-14-8-9-15-27(26)33(37(35,36)25-12-6-3-7-13-25)28(30)20-32-31(29)24-10-4-2-5-11-24/h2-20H,1H3. The molecule has 2 heterocycles. The van der Waals surface area contributed by atoms with Crippen molar-refractivity contribution in [2.24, 2.45) is 0 Å². The van der Waals surface area contributed by atoms with Gasteiger partial charge in [-0.15, -0.1) is 0 Å². The molecule has 180 valence electrons. The Morgan fingerprint density at radius 2 is 1.32 bits per heavy atom. The minimum Gasteiger partial charge on any atom is -0.295 e. The molecule has 0 aliphatic heterocycles. The molecule has 37 heavy (non-hydrogen) atoms. The molecule has 6 rings (SSSR count). The van der Waals surface area contributed by atoms with Crippen molar-refractivity contribution in [3.8, 4) is 22.4 Å². The van der Waals surface area contributed by atoms with Gasteiger partial charge in [0.15, 0.2) is 5.78 Å². The van der Waals surface area contributed by atoms with Crippen LogP contribution in [-0.4, -0.2) is 23.2 Å². The lowest BCUT2D eigenvalue weighted by atomic mass is 9.94. The second-order valence-corrected chi connectivity index (χ2v) is 10.6. The van der Waals surface area contributed by atoms with E-state index >= 15 is 0 Å². The van der Waals surface area contributed by atoms with Crippen LogP contribution in [-0.2, 0) is 10.0 Å². The minimum absolute atomic E-state index is 0.0169. The Kier molecular flexibility index (Phi) is 5.46. The summed E-state index contributed by atoms with van der Waals surface area (Å²) in [5.41, 5.74) is 5.00. The quantitative estimate of drug-likeness (QED) is 0.239. The first kappa shape index (κ1) is 22.9. The maximum Gasteiger partial charge on any atom is 0.268 e. The first-order valence-electron chi connectivity index (χ1n) is 11.9. The topological polar surface area (TPSA) is 69.0 Å². The first-order valence-corrected chi connectivity index (χ1v) is 13.3. The van der Waals surface area contributed by atoms with Crippen LogP contribution < -0.4 is 0 Å². The lowest BCUT2D eigenvalue weighted by molar-refractivity contribution is 0.101. The molecule has 6 aromatic rings. The molecule has 2 aromatic heterocycles. The molecule has 0 unspecified atom stereocenters. The van der Waals surface area contributed by atoms with Crippen LogP contribution in [0.2, 0.25) is 0 Å². The Bertz CT molecular complexity index is 1890. The van der Waals surface area contributed by atoms with E-state index in [4.69, 9.17) is 4.98 Å². The molecule has 0 spiro atoms. The monoisotopic (exact) mass is 502 g/mol. The van der Waals surface area contributed by atoms with E-state index in [1.54, 1.807) is 48.7 Å². The van der Waals surface area contributed by atoms with E-state index in [0.717, 1.165) is 33.2 Å². The van der Waals surface area contributed by atoms with Crippen molar-refractivity contribution in [3.05, 3.63) is 121 Å². The van der Waals surface area contributed by atoms with Gasteiger partial charge in [0.05, 0.1) is 27.8 Å². The zero-order valence-electron chi connectivity index (χ0n) is 20.0. The van der Waals surface area contributed by atoms with Gasteiger partial charge in [-0.3, -0.25) is 9.78 Å². The third-order valence-corrected chi connectivity index (χ3v) is 8.32. The van der Waals surface area contributed by atoms with Crippen LogP contribution in [0.1, 0.15) is 17.3 Å². The van der Waals surface area contributed by atoms with Gasteiger partial charge < -0.3 is 0 Å². The predicted molar refractivity (Wildman–Crippen MR) is 147 cm³/mol. The maximum absolute atomic E-state index is 13.9. The Morgan fingerprint density at radius 1 is 0.703 bits per heavy atom. The Morgan fingerprint density at radius 3 is 2.00 bits per heavy atom. The Hall–Kier alpha value is -4.55. The number of carbonyl (C=O) groups excluding carboxylic acids is 1. The summed E-state index contributed by atoms with van der Waals surface area (Å²) in [5, 5.41) is 1.60. The largest absolute Gasteiger partial charge is 0.295 e. The van der Waals surface area contributed by atoms with Gasteiger partial charge in [-0.1, -0.05) is 91.0 Å². The van der Waals surface area contributed by atoms with Crippen molar-refractivity contribution in [1.29, 1.82) is 0 Å². The van der Waals surface area contributed by atoms with E-state index < -0.39 is 10.0 Å². The van der Waals surface area contributed by atoms with Gasteiger partial charge in [0.25, 0.3) is 10.0 Å². The van der Waals surface area contributed by atoms with Crippen molar-refractivity contribution in [2.45, 2.75) is 11.8 Å². The average Bonchev–Trinajstić information content (AvgIpc) is 3.29. The molecular formula is C31H22N2O3S. The molecule has 0 saturated carbocycles. The first-order chi connectivity index (χ1) is 18.0. The summed E-state index contributed by atoms with van der Waals surface area (Å²) in [5.74, 6) is -0.0169. The van der Waals surface area contributed by atoms with Gasteiger partial charge in [0.2, 0.25) is 0 Å². The zero-order valence-corrected chi connectivity index (χ0v) is 20.8. The normalized spacial score (nSPS) is 11.7. The summed E-state index contributed by atoms with van der Waals surface area (Å²) in [6.07, 6.45) is 1.64. The predicted octanol–water partition coefficient (Wildman–Crippen LogP) is 6.96. The van der Waals surface area contributed by atoms with Gasteiger partial charge in [-0.2, -0.15) is 0 Å². The van der Waals surface area contributed by atoms with Gasteiger partial charge in [0.1, 0.15) is 0 Å². The van der Waals surface area contributed by atoms with E-state index in [2.05, 4.69) is 0 Å². The summed E-state index contributed by atoms with van der Waals surface area (Å²) in [7, 11) is -3.91. The van der Waals surface area contributed by atoms with Crippen LogP contribution in [0.3, 0.4) is 0 Å². The van der Waals surface area contributed by atoms with Crippen molar-refractivity contribution < 1.29 is 13.2 Å². The fourth-order valence-corrected chi connectivity index (χ4v) is 6.37. The second-order valence-electron chi connectivity index (χ2n) is 8.84. The van der Waals surface area contributed by atoms with Crippen molar-refractivity contribution in [3.63, 3.8) is 0 Å². The van der Waals surface area contributed by atoms with Gasteiger partial charge >= 0.3 is 0 Å². The molecule has 0 N–H and O–H groups in total. The Labute approximate surface area is 214 Å². The van der Waals surface area contributed by atoms with E-state index in [1.807, 2.05) is 66.7 Å². The highest BCUT2D eigenvalue weighted by atomic mass is 32.2. The van der Waals surface area contributed by atoms with Crippen LogP contribution in [0.25, 0.3) is 44.2 Å². The van der Waals surface area contributed by atoms with Crippen molar-refractivity contribution in [2.75, 3.05) is 0 Å². The third-order valence-electron chi connectivity index (χ3n) is 6.58. The number of benzene rings is 4. The molecule has 0 saturated heterocycles. The molecule has 0 fully saturated rings. The number of para-hydroxylation sites is 1. The van der Waals surface area contributed by atoms with E-state index in [0.29, 0.717) is 16.6 Å². The summed E-state index contributed by atoms with van der Waals surface area (Å²) < 4.78 is 29.3. The molecule has 5 nitrogen and oxygen atoms in total. The van der Waals surface area contributed by atoms with Gasteiger partial charge in [-0.05, 0) is 30.7 Å². The summed E-state index contributed by atoms with van der Waals surface area (Å²) >= 11 is 0. The zero-order chi connectivity index (χ0) is 25.6. The molecule has 0 atom stereocenters. The molecular weight excluding hydrogens is 480 g/mol. The number of hydrogen-bond acceptors (Lipinski definition) is 4. The number of rotatable bonds is 5. The lowest BCUT2D eigenvalue weighted by Gasteiger charge is -2.13. The van der Waals surface area contributed by atoms with Crippen LogP contribution in [0.5, 0.6) is 0 Å². The highest BCUT2D eigenvalue weighted by molar-refractivity contribution is 7.90. The number of pyridine rings is 1. The maximum atomic E-state index is 13.9.